The molecule has 1 saturated heterocycles. The lowest BCUT2D eigenvalue weighted by Crippen LogP contribution is -2.49. The van der Waals surface area contributed by atoms with Crippen LogP contribution in [0.15, 0.2) is 60.7 Å². The lowest BCUT2D eigenvalue weighted by molar-refractivity contribution is -0.131. The molecule has 1 aliphatic rings. The second-order valence-corrected chi connectivity index (χ2v) is 8.47. The smallest absolute Gasteiger partial charge is 0.223 e. The number of hydrogen-bond donors (Lipinski definition) is 0. The highest BCUT2D eigenvalue weighted by Crippen LogP contribution is 2.22. The van der Waals surface area contributed by atoms with Gasteiger partial charge in [-0.15, -0.1) is 10.2 Å². The van der Waals surface area contributed by atoms with Gasteiger partial charge in [-0.05, 0) is 67.6 Å². The molecule has 4 rings (SSSR count). The molecular formula is C26H27ClN4O3. The van der Waals surface area contributed by atoms with Gasteiger partial charge in [0.2, 0.25) is 5.91 Å². The van der Waals surface area contributed by atoms with Gasteiger partial charge in [0.1, 0.15) is 5.75 Å². The van der Waals surface area contributed by atoms with Gasteiger partial charge in [0.15, 0.2) is 11.6 Å². The van der Waals surface area contributed by atoms with E-state index in [-0.39, 0.29) is 24.5 Å². The normalized spacial score (nSPS) is 13.6. The van der Waals surface area contributed by atoms with Crippen LogP contribution in [0, 0.1) is 0 Å². The monoisotopic (exact) mass is 478 g/mol. The van der Waals surface area contributed by atoms with Crippen LogP contribution in [0.3, 0.4) is 0 Å². The van der Waals surface area contributed by atoms with Crippen LogP contribution in [0.5, 0.6) is 5.75 Å². The summed E-state index contributed by atoms with van der Waals surface area (Å²) in [5.41, 5.74) is 2.35. The number of ether oxygens (including phenoxy) is 1. The Balaban J connectivity index is 1.26. The first-order valence-corrected chi connectivity index (χ1v) is 11.8. The summed E-state index contributed by atoms with van der Waals surface area (Å²) in [5, 5.41) is 9.36. The number of carbonyl (C=O) groups is 2. The van der Waals surface area contributed by atoms with E-state index in [4.69, 9.17) is 16.3 Å². The minimum absolute atomic E-state index is 0.00102. The van der Waals surface area contributed by atoms with Crippen molar-refractivity contribution in [2.45, 2.75) is 19.8 Å². The first-order chi connectivity index (χ1) is 16.5. The molecule has 34 heavy (non-hydrogen) atoms. The third kappa shape index (κ3) is 5.91. The molecule has 2 heterocycles. The molecule has 2 aromatic carbocycles. The summed E-state index contributed by atoms with van der Waals surface area (Å²) in [5.74, 6) is 1.57. The number of rotatable bonds is 8. The van der Waals surface area contributed by atoms with Crippen molar-refractivity contribution in [1.29, 1.82) is 0 Å². The molecule has 7 nitrogen and oxygen atoms in total. The van der Waals surface area contributed by atoms with E-state index in [1.807, 2.05) is 48.2 Å². The van der Waals surface area contributed by atoms with Crippen molar-refractivity contribution >= 4 is 29.1 Å². The standard InChI is InChI=1S/C26H27ClN4O3/c1-2-34-22-9-5-19(6-10-22)23-11-13-25(29-28-23)30-15-17-31(18-16-30)26(33)14-12-24(32)20-3-7-21(27)8-4-20/h3-11,13H,2,12,14-18H2,1H3. The van der Waals surface area contributed by atoms with Gasteiger partial charge in [-0.1, -0.05) is 11.6 Å². The van der Waals surface area contributed by atoms with E-state index in [0.29, 0.717) is 43.4 Å². The van der Waals surface area contributed by atoms with Crippen LogP contribution >= 0.6 is 11.6 Å². The number of anilines is 1. The Morgan fingerprint density at radius 2 is 1.59 bits per heavy atom. The van der Waals surface area contributed by atoms with Crippen LogP contribution in [-0.4, -0.2) is 59.6 Å². The number of carbonyl (C=O) groups excluding carboxylic acids is 2. The average molecular weight is 479 g/mol. The van der Waals surface area contributed by atoms with E-state index < -0.39 is 0 Å². The molecular weight excluding hydrogens is 452 g/mol. The van der Waals surface area contributed by atoms with Gasteiger partial charge in [-0.3, -0.25) is 9.59 Å². The lowest BCUT2D eigenvalue weighted by atomic mass is 10.1. The van der Waals surface area contributed by atoms with Crippen molar-refractivity contribution in [3.63, 3.8) is 0 Å². The van der Waals surface area contributed by atoms with Crippen LogP contribution in [0.1, 0.15) is 30.1 Å². The third-order valence-corrected chi connectivity index (χ3v) is 6.05. The Morgan fingerprint density at radius 3 is 2.21 bits per heavy atom. The predicted octanol–water partition coefficient (Wildman–Crippen LogP) is 4.51. The molecule has 0 spiro atoms. The van der Waals surface area contributed by atoms with Gasteiger partial charge in [0.05, 0.1) is 12.3 Å². The van der Waals surface area contributed by atoms with Crippen molar-refractivity contribution < 1.29 is 14.3 Å². The fourth-order valence-electron chi connectivity index (χ4n) is 3.88. The maximum atomic E-state index is 12.6. The summed E-state index contributed by atoms with van der Waals surface area (Å²) in [6.45, 7) is 5.13. The molecule has 0 N–H and O–H groups in total. The van der Waals surface area contributed by atoms with Crippen molar-refractivity contribution in [2.75, 3.05) is 37.7 Å². The minimum atomic E-state index is -0.0495. The van der Waals surface area contributed by atoms with Gasteiger partial charge < -0.3 is 14.5 Å². The Bertz CT molecular complexity index is 1110. The number of hydrogen-bond acceptors (Lipinski definition) is 6. The molecule has 0 radical (unpaired) electrons. The van der Waals surface area contributed by atoms with E-state index in [0.717, 1.165) is 22.8 Å². The van der Waals surface area contributed by atoms with E-state index in [1.54, 1.807) is 24.3 Å². The van der Waals surface area contributed by atoms with Crippen LogP contribution in [0.25, 0.3) is 11.3 Å². The number of nitrogens with zero attached hydrogens (tertiary/aromatic N) is 4. The highest BCUT2D eigenvalue weighted by molar-refractivity contribution is 6.30. The van der Waals surface area contributed by atoms with Crippen molar-refractivity contribution in [2.24, 2.45) is 0 Å². The number of amides is 1. The van der Waals surface area contributed by atoms with Crippen LogP contribution in [0.2, 0.25) is 5.02 Å². The second kappa shape index (κ2) is 11.1. The van der Waals surface area contributed by atoms with Crippen molar-refractivity contribution in [1.82, 2.24) is 15.1 Å². The minimum Gasteiger partial charge on any atom is -0.494 e. The molecule has 1 fully saturated rings. The summed E-state index contributed by atoms with van der Waals surface area (Å²) < 4.78 is 5.48. The molecule has 0 atom stereocenters. The highest BCUT2D eigenvalue weighted by Gasteiger charge is 2.22. The predicted molar refractivity (Wildman–Crippen MR) is 132 cm³/mol. The molecule has 0 bridgehead atoms. The topological polar surface area (TPSA) is 75.6 Å². The first kappa shape index (κ1) is 23.7. The van der Waals surface area contributed by atoms with Gasteiger partial charge in [0.25, 0.3) is 0 Å². The number of piperazine rings is 1. The van der Waals surface area contributed by atoms with E-state index in [1.165, 1.54) is 0 Å². The van der Waals surface area contributed by atoms with E-state index >= 15 is 0 Å². The average Bonchev–Trinajstić information content (AvgIpc) is 2.88. The molecule has 1 amide bonds. The quantitative estimate of drug-likeness (QED) is 0.443. The summed E-state index contributed by atoms with van der Waals surface area (Å²) in [4.78, 5) is 28.8. The zero-order valence-corrected chi connectivity index (χ0v) is 19.9. The largest absolute Gasteiger partial charge is 0.494 e. The number of ketones is 1. The SMILES string of the molecule is CCOc1ccc(-c2ccc(N3CCN(C(=O)CCC(=O)c4ccc(Cl)cc4)CC3)nn2)cc1. The fourth-order valence-corrected chi connectivity index (χ4v) is 4.01. The summed E-state index contributed by atoms with van der Waals surface area (Å²) in [6.07, 6.45) is 0.400. The molecule has 8 heteroatoms. The van der Waals surface area contributed by atoms with Gasteiger partial charge in [0, 0.05) is 55.2 Å². The van der Waals surface area contributed by atoms with E-state index in [9.17, 15) is 9.59 Å². The molecule has 3 aromatic rings. The first-order valence-electron chi connectivity index (χ1n) is 11.4. The van der Waals surface area contributed by atoms with Crippen molar-refractivity contribution in [3.8, 4) is 17.0 Å². The zero-order chi connectivity index (χ0) is 23.9. The van der Waals surface area contributed by atoms with Gasteiger partial charge in [-0.25, -0.2) is 0 Å². The third-order valence-electron chi connectivity index (χ3n) is 5.80. The Labute approximate surface area is 204 Å². The second-order valence-electron chi connectivity index (χ2n) is 8.03. The maximum absolute atomic E-state index is 12.6. The lowest BCUT2D eigenvalue weighted by Gasteiger charge is -2.35. The van der Waals surface area contributed by atoms with E-state index in [2.05, 4.69) is 15.1 Å². The van der Waals surface area contributed by atoms with Crippen LogP contribution in [0.4, 0.5) is 5.82 Å². The zero-order valence-electron chi connectivity index (χ0n) is 19.1. The highest BCUT2D eigenvalue weighted by atomic mass is 35.5. The van der Waals surface area contributed by atoms with Crippen LogP contribution < -0.4 is 9.64 Å². The molecule has 0 aliphatic carbocycles. The van der Waals surface area contributed by atoms with Gasteiger partial charge >= 0.3 is 0 Å². The maximum Gasteiger partial charge on any atom is 0.223 e. The van der Waals surface area contributed by atoms with Crippen molar-refractivity contribution in [3.05, 3.63) is 71.2 Å². The number of benzene rings is 2. The van der Waals surface area contributed by atoms with Crippen LogP contribution in [-0.2, 0) is 4.79 Å². The summed E-state index contributed by atoms with van der Waals surface area (Å²) >= 11 is 5.86. The number of halogens is 1. The number of aromatic nitrogens is 2. The Hall–Kier alpha value is -3.45. The molecule has 176 valence electrons. The number of Topliss-reactive ketones (excluding diaryl/α,β-unsaturated/α-hetero) is 1. The molecule has 1 aromatic heterocycles. The Morgan fingerprint density at radius 1 is 0.882 bits per heavy atom. The molecule has 1 aliphatic heterocycles. The molecule has 0 saturated carbocycles. The summed E-state index contributed by atoms with van der Waals surface area (Å²) in [7, 11) is 0. The summed E-state index contributed by atoms with van der Waals surface area (Å²) in [6, 6.07) is 18.5. The Kier molecular flexibility index (Phi) is 7.75. The fraction of sp³-hybridized carbons (Fsp3) is 0.308. The molecule has 0 unspecified atom stereocenters. The van der Waals surface area contributed by atoms with Gasteiger partial charge in [-0.2, -0.15) is 0 Å².